The summed E-state index contributed by atoms with van der Waals surface area (Å²) in [6.07, 6.45) is 1.05. The Kier molecular flexibility index (Phi) is 6.00. The number of phenols is 1. The molecule has 3 nitrogen and oxygen atoms in total. The second kappa shape index (κ2) is 8.24. The van der Waals surface area contributed by atoms with Crippen molar-refractivity contribution in [3.8, 4) is 5.75 Å². The van der Waals surface area contributed by atoms with Gasteiger partial charge in [-0.15, -0.1) is 0 Å². The van der Waals surface area contributed by atoms with Gasteiger partial charge in [0.25, 0.3) is 0 Å². The van der Waals surface area contributed by atoms with Crippen LogP contribution in [0.15, 0.2) is 48.5 Å². The summed E-state index contributed by atoms with van der Waals surface area (Å²) in [5, 5.41) is 9.36. The molecule has 0 bridgehead atoms. The van der Waals surface area contributed by atoms with Gasteiger partial charge in [0, 0.05) is 39.3 Å². The van der Waals surface area contributed by atoms with Crippen LogP contribution < -0.4 is 0 Å². The van der Waals surface area contributed by atoms with Gasteiger partial charge in [-0.05, 0) is 40.7 Å². The Bertz CT molecular complexity index is 678. The third-order valence-corrected chi connectivity index (χ3v) is 5.34. The van der Waals surface area contributed by atoms with Crippen LogP contribution in [-0.4, -0.2) is 47.6 Å². The Morgan fingerprint density at radius 1 is 0.769 bits per heavy atom. The molecule has 0 radical (unpaired) electrons. The number of aromatic hydroxyl groups is 1. The van der Waals surface area contributed by atoms with Gasteiger partial charge in [0.2, 0.25) is 0 Å². The molecule has 1 saturated heterocycles. The van der Waals surface area contributed by atoms with Crippen molar-refractivity contribution in [2.75, 3.05) is 32.7 Å². The molecule has 0 atom stereocenters. The van der Waals surface area contributed by atoms with E-state index in [1.54, 1.807) is 12.1 Å². The maximum atomic E-state index is 9.36. The first-order chi connectivity index (χ1) is 12.4. The van der Waals surface area contributed by atoms with Gasteiger partial charge in [-0.25, -0.2) is 0 Å². The van der Waals surface area contributed by atoms with Crippen molar-refractivity contribution >= 4 is 0 Å². The van der Waals surface area contributed by atoms with E-state index >= 15 is 0 Å². The molecule has 2 aromatic rings. The predicted octanol–water partition coefficient (Wildman–Crippen LogP) is 4.05. The van der Waals surface area contributed by atoms with Gasteiger partial charge in [-0.2, -0.15) is 0 Å². The Morgan fingerprint density at radius 2 is 1.31 bits per heavy atom. The summed E-state index contributed by atoms with van der Waals surface area (Å²) in [4.78, 5) is 5.11. The minimum atomic E-state index is 0.224. The van der Waals surface area contributed by atoms with Gasteiger partial charge < -0.3 is 10.0 Å². The third-order valence-electron chi connectivity index (χ3n) is 5.34. The minimum absolute atomic E-state index is 0.224. The van der Waals surface area contributed by atoms with E-state index in [-0.39, 0.29) is 5.41 Å². The highest BCUT2D eigenvalue weighted by atomic mass is 16.3. The van der Waals surface area contributed by atoms with E-state index in [4.69, 9.17) is 0 Å². The fourth-order valence-electron chi connectivity index (χ4n) is 3.49. The molecule has 140 valence electrons. The van der Waals surface area contributed by atoms with Gasteiger partial charge >= 0.3 is 0 Å². The van der Waals surface area contributed by atoms with Crippen LogP contribution in [0.3, 0.4) is 0 Å². The predicted molar refractivity (Wildman–Crippen MR) is 109 cm³/mol. The quantitative estimate of drug-likeness (QED) is 0.879. The molecule has 1 heterocycles. The Morgan fingerprint density at radius 3 is 1.88 bits per heavy atom. The van der Waals surface area contributed by atoms with Crippen LogP contribution in [0.2, 0.25) is 0 Å². The lowest BCUT2D eigenvalue weighted by molar-refractivity contribution is 0.128. The molecule has 1 aliphatic heterocycles. The second-order valence-electron chi connectivity index (χ2n) is 8.48. The molecule has 0 amide bonds. The number of benzene rings is 2. The van der Waals surface area contributed by atoms with E-state index in [0.29, 0.717) is 5.75 Å². The number of hydrogen-bond donors (Lipinski definition) is 1. The van der Waals surface area contributed by atoms with E-state index in [9.17, 15) is 5.11 Å². The highest BCUT2D eigenvalue weighted by Crippen LogP contribution is 2.22. The fraction of sp³-hybridized carbons (Fsp3) is 0.478. The number of nitrogens with zero attached hydrogens (tertiary/aromatic N) is 2. The first-order valence-corrected chi connectivity index (χ1v) is 9.72. The number of phenolic OH excluding ortho intramolecular Hbond substituents is 1. The molecule has 3 rings (SSSR count). The van der Waals surface area contributed by atoms with Crippen molar-refractivity contribution in [1.82, 2.24) is 9.80 Å². The molecule has 1 N–H and O–H groups in total. The average molecular weight is 353 g/mol. The van der Waals surface area contributed by atoms with E-state index in [2.05, 4.69) is 54.8 Å². The molecule has 0 unspecified atom stereocenters. The molecule has 0 aliphatic carbocycles. The van der Waals surface area contributed by atoms with Gasteiger partial charge in [0.05, 0.1) is 0 Å². The minimum Gasteiger partial charge on any atom is -0.508 e. The zero-order chi connectivity index (χ0) is 18.6. The largest absolute Gasteiger partial charge is 0.508 e. The fourth-order valence-corrected chi connectivity index (χ4v) is 3.49. The summed E-state index contributed by atoms with van der Waals surface area (Å²) in [5.41, 5.74) is 4.33. The number of rotatable bonds is 5. The first-order valence-electron chi connectivity index (χ1n) is 9.72. The molecule has 3 heteroatoms. The van der Waals surface area contributed by atoms with E-state index in [0.717, 1.165) is 45.7 Å². The molecule has 1 fully saturated rings. The summed E-state index contributed by atoms with van der Waals surface area (Å²) in [6.45, 7) is 13.5. The molecule has 0 spiro atoms. The van der Waals surface area contributed by atoms with Crippen molar-refractivity contribution < 1.29 is 5.11 Å². The normalized spacial score (nSPS) is 16.7. The van der Waals surface area contributed by atoms with Crippen LogP contribution in [0.5, 0.6) is 5.75 Å². The van der Waals surface area contributed by atoms with Crippen LogP contribution in [-0.2, 0) is 18.4 Å². The molecular weight excluding hydrogens is 320 g/mol. The van der Waals surface area contributed by atoms with Crippen LogP contribution in [0.1, 0.15) is 37.5 Å². The zero-order valence-electron chi connectivity index (χ0n) is 16.4. The van der Waals surface area contributed by atoms with Crippen LogP contribution in [0.4, 0.5) is 0 Å². The highest BCUT2D eigenvalue weighted by molar-refractivity contribution is 5.28. The number of hydrogen-bond acceptors (Lipinski definition) is 3. The topological polar surface area (TPSA) is 26.7 Å². The van der Waals surface area contributed by atoms with Crippen molar-refractivity contribution in [1.29, 1.82) is 0 Å². The van der Waals surface area contributed by atoms with E-state index in [1.807, 2.05) is 12.1 Å². The molecule has 1 aliphatic rings. The van der Waals surface area contributed by atoms with Gasteiger partial charge in [0.15, 0.2) is 0 Å². The summed E-state index contributed by atoms with van der Waals surface area (Å²) >= 11 is 0. The summed E-state index contributed by atoms with van der Waals surface area (Å²) in [7, 11) is 0. The Labute approximate surface area is 158 Å². The van der Waals surface area contributed by atoms with Crippen LogP contribution in [0, 0.1) is 0 Å². The summed E-state index contributed by atoms with van der Waals surface area (Å²) < 4.78 is 0. The van der Waals surface area contributed by atoms with Crippen LogP contribution in [0.25, 0.3) is 0 Å². The van der Waals surface area contributed by atoms with Gasteiger partial charge in [-0.3, -0.25) is 4.90 Å². The molecule has 0 saturated carbocycles. The lowest BCUT2D eigenvalue weighted by Crippen LogP contribution is -2.46. The summed E-state index contributed by atoms with van der Waals surface area (Å²) in [5.74, 6) is 0.345. The van der Waals surface area contributed by atoms with Crippen molar-refractivity contribution in [3.05, 3.63) is 65.2 Å². The highest BCUT2D eigenvalue weighted by Gasteiger charge is 2.17. The maximum absolute atomic E-state index is 9.36. The van der Waals surface area contributed by atoms with E-state index in [1.165, 1.54) is 16.7 Å². The van der Waals surface area contributed by atoms with Gasteiger partial charge in [0.1, 0.15) is 5.75 Å². The summed E-state index contributed by atoms with van der Waals surface area (Å²) in [6, 6.07) is 16.7. The molecule has 0 aromatic heterocycles. The molecule has 2 aromatic carbocycles. The van der Waals surface area contributed by atoms with Crippen molar-refractivity contribution in [3.63, 3.8) is 0 Å². The molecule has 26 heavy (non-hydrogen) atoms. The average Bonchev–Trinajstić information content (AvgIpc) is 2.62. The Balaban J connectivity index is 1.43. The molecular formula is C23H32N2O. The third kappa shape index (κ3) is 5.33. The second-order valence-corrected chi connectivity index (χ2v) is 8.48. The SMILES string of the molecule is CC(C)(C)c1ccc(CN2CCN(CCc3ccc(O)cc3)CC2)cc1. The Hall–Kier alpha value is -1.84. The monoisotopic (exact) mass is 352 g/mol. The zero-order valence-corrected chi connectivity index (χ0v) is 16.4. The van der Waals surface area contributed by atoms with Crippen molar-refractivity contribution in [2.45, 2.75) is 39.2 Å². The lowest BCUT2D eigenvalue weighted by Gasteiger charge is -2.34. The van der Waals surface area contributed by atoms with Crippen molar-refractivity contribution in [2.24, 2.45) is 0 Å². The standard InChI is InChI=1S/C23H32N2O/c1-23(2,3)21-8-4-20(5-9-21)18-25-16-14-24(15-17-25)13-12-19-6-10-22(26)11-7-19/h4-11,26H,12-18H2,1-3H3. The maximum Gasteiger partial charge on any atom is 0.115 e. The van der Waals surface area contributed by atoms with Gasteiger partial charge in [-0.1, -0.05) is 57.2 Å². The van der Waals surface area contributed by atoms with Crippen LogP contribution >= 0.6 is 0 Å². The lowest BCUT2D eigenvalue weighted by atomic mass is 9.87. The smallest absolute Gasteiger partial charge is 0.115 e. The first kappa shape index (κ1) is 18.9. The van der Waals surface area contributed by atoms with E-state index < -0.39 is 0 Å². The number of piperazine rings is 1.